The first-order valence-electron chi connectivity index (χ1n) is 9.10. The zero-order chi connectivity index (χ0) is 18.8. The quantitative estimate of drug-likeness (QED) is 0.411. The third kappa shape index (κ3) is 7.66. The van der Waals surface area contributed by atoms with Gasteiger partial charge < -0.3 is 20.3 Å². The summed E-state index contributed by atoms with van der Waals surface area (Å²) in [4.78, 5) is 19.0. The molecule has 1 aliphatic heterocycles. The number of nitrogens with one attached hydrogen (secondary N) is 2. The van der Waals surface area contributed by atoms with E-state index in [2.05, 4.69) is 34.7 Å². The summed E-state index contributed by atoms with van der Waals surface area (Å²) >= 11 is 1.81. The third-order valence-electron chi connectivity index (χ3n) is 4.03. The highest BCUT2D eigenvalue weighted by molar-refractivity contribution is 8.00. The molecular weight excluding hydrogens is 348 g/mol. The molecule has 2 N–H and O–H groups in total. The van der Waals surface area contributed by atoms with E-state index >= 15 is 0 Å². The molecule has 1 aromatic carbocycles. The summed E-state index contributed by atoms with van der Waals surface area (Å²) in [6.07, 6.45) is 2.40. The summed E-state index contributed by atoms with van der Waals surface area (Å²) in [6.45, 7) is 4.60. The number of amides is 1. The van der Waals surface area contributed by atoms with Crippen LogP contribution in [0.2, 0.25) is 0 Å². The van der Waals surface area contributed by atoms with E-state index in [1.807, 2.05) is 30.0 Å². The average molecular weight is 379 g/mol. The molecule has 0 aromatic heterocycles. The fourth-order valence-corrected chi connectivity index (χ4v) is 3.44. The van der Waals surface area contributed by atoms with Crippen LogP contribution in [0.15, 0.2) is 40.2 Å². The maximum absolute atomic E-state index is 11.8. The summed E-state index contributed by atoms with van der Waals surface area (Å²) in [6, 6.07) is 10.3. The molecule has 7 heteroatoms. The largest absolute Gasteiger partial charge is 0.376 e. The van der Waals surface area contributed by atoms with E-state index in [9.17, 15) is 4.79 Å². The molecule has 1 aromatic rings. The number of ether oxygens (including phenoxy) is 1. The highest BCUT2D eigenvalue weighted by Gasteiger charge is 2.16. The number of thioether (sulfide) groups is 1. The number of hydrogen-bond donors (Lipinski definition) is 2. The molecule has 144 valence electrons. The molecule has 1 heterocycles. The second-order valence-corrected chi connectivity index (χ2v) is 8.10. The molecule has 0 bridgehead atoms. The summed E-state index contributed by atoms with van der Waals surface area (Å²) in [5.74, 6) is 0.645. The maximum Gasteiger partial charge on any atom is 0.243 e. The Balaban J connectivity index is 1.84. The molecule has 0 aliphatic carbocycles. The first-order chi connectivity index (χ1) is 12.5. The average Bonchev–Trinajstić information content (AvgIpc) is 3.15. The Hall–Kier alpha value is -1.73. The summed E-state index contributed by atoms with van der Waals surface area (Å²) in [5.41, 5.74) is 0. The van der Waals surface area contributed by atoms with Crippen molar-refractivity contribution >= 4 is 23.6 Å². The van der Waals surface area contributed by atoms with Crippen LogP contribution in [0.1, 0.15) is 19.8 Å². The minimum Gasteiger partial charge on any atom is -0.376 e. The van der Waals surface area contributed by atoms with Gasteiger partial charge >= 0.3 is 0 Å². The van der Waals surface area contributed by atoms with Crippen LogP contribution in [-0.2, 0) is 9.53 Å². The van der Waals surface area contributed by atoms with Crippen LogP contribution in [0, 0.1) is 0 Å². The minimum atomic E-state index is -0.0186. The Morgan fingerprint density at radius 3 is 2.77 bits per heavy atom. The molecule has 2 atom stereocenters. The smallest absolute Gasteiger partial charge is 0.243 e. The van der Waals surface area contributed by atoms with Crippen molar-refractivity contribution in [2.24, 2.45) is 4.99 Å². The Labute approximate surface area is 160 Å². The number of aliphatic imine (C=N–C) groups is 1. The van der Waals surface area contributed by atoms with Crippen LogP contribution in [0.4, 0.5) is 0 Å². The zero-order valence-electron chi connectivity index (χ0n) is 15.9. The van der Waals surface area contributed by atoms with Crippen molar-refractivity contribution in [2.75, 3.05) is 40.3 Å². The van der Waals surface area contributed by atoms with Crippen molar-refractivity contribution in [1.82, 2.24) is 15.5 Å². The van der Waals surface area contributed by atoms with Crippen LogP contribution < -0.4 is 10.6 Å². The fraction of sp³-hybridized carbons (Fsp3) is 0.579. The summed E-state index contributed by atoms with van der Waals surface area (Å²) in [7, 11) is 3.48. The number of hydrogen-bond acceptors (Lipinski definition) is 4. The van der Waals surface area contributed by atoms with Gasteiger partial charge in [-0.25, -0.2) is 4.99 Å². The van der Waals surface area contributed by atoms with E-state index in [0.29, 0.717) is 17.8 Å². The SMILES string of the molecule is CC(CNC(=NCC(=O)N(C)C)NCC1CCCO1)Sc1ccccc1. The molecule has 26 heavy (non-hydrogen) atoms. The fourth-order valence-electron chi connectivity index (χ4n) is 2.49. The highest BCUT2D eigenvalue weighted by atomic mass is 32.2. The Morgan fingerprint density at radius 1 is 1.35 bits per heavy atom. The first kappa shape index (κ1) is 20.6. The normalized spacial score (nSPS) is 18.4. The molecule has 1 aliphatic rings. The van der Waals surface area contributed by atoms with Gasteiger partial charge in [-0.05, 0) is 25.0 Å². The number of rotatable bonds is 8. The number of carbonyl (C=O) groups is 1. The highest BCUT2D eigenvalue weighted by Crippen LogP contribution is 2.21. The molecule has 0 saturated carbocycles. The van der Waals surface area contributed by atoms with Gasteiger partial charge in [0.2, 0.25) is 5.91 Å². The van der Waals surface area contributed by atoms with Crippen molar-refractivity contribution in [1.29, 1.82) is 0 Å². The molecule has 1 fully saturated rings. The first-order valence-corrected chi connectivity index (χ1v) is 9.98. The number of likely N-dealkylation sites (N-methyl/N-ethyl adjacent to an activating group) is 1. The van der Waals surface area contributed by atoms with E-state index in [-0.39, 0.29) is 18.6 Å². The lowest BCUT2D eigenvalue weighted by Gasteiger charge is -2.18. The van der Waals surface area contributed by atoms with Crippen LogP contribution >= 0.6 is 11.8 Å². The minimum absolute atomic E-state index is 0.0186. The summed E-state index contributed by atoms with van der Waals surface area (Å²) < 4.78 is 5.65. The van der Waals surface area contributed by atoms with E-state index in [1.54, 1.807) is 19.0 Å². The lowest BCUT2D eigenvalue weighted by atomic mass is 10.2. The molecule has 6 nitrogen and oxygen atoms in total. The molecule has 2 rings (SSSR count). The molecule has 1 saturated heterocycles. The summed E-state index contributed by atoms with van der Waals surface area (Å²) in [5, 5.41) is 7.03. The van der Waals surface area contributed by atoms with Crippen molar-refractivity contribution in [3.05, 3.63) is 30.3 Å². The van der Waals surface area contributed by atoms with Gasteiger partial charge in [-0.1, -0.05) is 25.1 Å². The topological polar surface area (TPSA) is 66.0 Å². The van der Waals surface area contributed by atoms with Crippen LogP contribution in [0.5, 0.6) is 0 Å². The number of benzene rings is 1. The monoisotopic (exact) mass is 378 g/mol. The van der Waals surface area contributed by atoms with Gasteiger partial charge in [-0.3, -0.25) is 4.79 Å². The second-order valence-electron chi connectivity index (χ2n) is 6.59. The third-order valence-corrected chi connectivity index (χ3v) is 5.14. The Kier molecular flexibility index (Phi) is 8.77. The van der Waals surface area contributed by atoms with Crippen molar-refractivity contribution in [3.8, 4) is 0 Å². The zero-order valence-corrected chi connectivity index (χ0v) is 16.7. The second kappa shape index (κ2) is 11.1. The maximum atomic E-state index is 11.8. The molecule has 0 radical (unpaired) electrons. The van der Waals surface area contributed by atoms with Gasteiger partial charge in [0.25, 0.3) is 0 Å². The Morgan fingerprint density at radius 2 is 2.12 bits per heavy atom. The predicted molar refractivity (Wildman–Crippen MR) is 108 cm³/mol. The van der Waals surface area contributed by atoms with Gasteiger partial charge in [0.1, 0.15) is 6.54 Å². The number of carbonyl (C=O) groups excluding carboxylic acids is 1. The van der Waals surface area contributed by atoms with Crippen molar-refractivity contribution in [3.63, 3.8) is 0 Å². The molecular formula is C19H30N4O2S. The van der Waals surface area contributed by atoms with Gasteiger partial charge in [0.05, 0.1) is 6.10 Å². The lowest BCUT2D eigenvalue weighted by Crippen LogP contribution is -2.43. The van der Waals surface area contributed by atoms with E-state index in [4.69, 9.17) is 4.74 Å². The van der Waals surface area contributed by atoms with Crippen LogP contribution in [0.25, 0.3) is 0 Å². The Bertz CT molecular complexity index is 574. The van der Waals surface area contributed by atoms with Gasteiger partial charge in [-0.2, -0.15) is 0 Å². The van der Waals surface area contributed by atoms with Crippen LogP contribution in [-0.4, -0.2) is 68.5 Å². The molecule has 1 amide bonds. The van der Waals surface area contributed by atoms with E-state index in [1.165, 1.54) is 4.90 Å². The van der Waals surface area contributed by atoms with E-state index in [0.717, 1.165) is 26.0 Å². The number of guanidine groups is 1. The van der Waals surface area contributed by atoms with Gasteiger partial charge in [0, 0.05) is 43.9 Å². The molecule has 2 unspecified atom stereocenters. The van der Waals surface area contributed by atoms with Crippen molar-refractivity contribution < 1.29 is 9.53 Å². The van der Waals surface area contributed by atoms with Crippen LogP contribution in [0.3, 0.4) is 0 Å². The van der Waals surface area contributed by atoms with Crippen molar-refractivity contribution in [2.45, 2.75) is 36.0 Å². The predicted octanol–water partition coefficient (Wildman–Crippen LogP) is 1.97. The standard InChI is InChI=1S/C19H30N4O2S/c1-15(26-17-9-5-4-6-10-17)12-20-19(22-14-18(24)23(2)3)21-13-16-8-7-11-25-16/h4-6,9-10,15-16H,7-8,11-14H2,1-3H3,(H2,20,21,22). The van der Waals surface area contributed by atoms with Gasteiger partial charge in [-0.15, -0.1) is 11.8 Å². The van der Waals surface area contributed by atoms with E-state index < -0.39 is 0 Å². The molecule has 0 spiro atoms. The van der Waals surface area contributed by atoms with Gasteiger partial charge in [0.15, 0.2) is 5.96 Å². The lowest BCUT2D eigenvalue weighted by molar-refractivity contribution is -0.127. The number of nitrogens with zero attached hydrogens (tertiary/aromatic N) is 2.